The van der Waals surface area contributed by atoms with Crippen LogP contribution in [0.5, 0.6) is 0 Å². The van der Waals surface area contributed by atoms with E-state index in [-0.39, 0.29) is 11.9 Å². The highest BCUT2D eigenvalue weighted by atomic mass is 35.5. The quantitative estimate of drug-likeness (QED) is 0.835. The molecule has 1 heterocycles. The molecule has 1 amide bonds. The number of hydrogen-bond acceptors (Lipinski definition) is 4. The molecule has 2 rings (SSSR count). The fourth-order valence-corrected chi connectivity index (χ4v) is 2.10. The van der Waals surface area contributed by atoms with Crippen molar-refractivity contribution >= 4 is 28.9 Å². The number of carbonyl (C=O) groups is 1. The van der Waals surface area contributed by atoms with Gasteiger partial charge in [0.05, 0.1) is 18.0 Å². The summed E-state index contributed by atoms with van der Waals surface area (Å²) in [5, 5.41) is 5.02. The molecule has 0 spiro atoms. The molecule has 0 bridgehead atoms. The standard InChI is InChI=1S/C13H18ClN3O2/c1-9(17-6-2-3-7-19-17)13(18)16-12-8-10(14)4-5-11(12)15/h4-5,8-9H,2-3,6-7,15H2,1H3,(H,16,18). The summed E-state index contributed by atoms with van der Waals surface area (Å²) in [5.41, 5.74) is 6.82. The maximum Gasteiger partial charge on any atom is 0.243 e. The summed E-state index contributed by atoms with van der Waals surface area (Å²) in [7, 11) is 0. The molecule has 1 aliphatic rings. The third-order valence-electron chi connectivity index (χ3n) is 3.11. The molecule has 104 valence electrons. The first-order valence-electron chi connectivity index (χ1n) is 6.33. The normalized spacial score (nSPS) is 18.0. The Labute approximate surface area is 117 Å². The second-order valence-corrected chi connectivity index (χ2v) is 5.01. The van der Waals surface area contributed by atoms with Crippen molar-refractivity contribution in [1.82, 2.24) is 5.06 Å². The van der Waals surface area contributed by atoms with Gasteiger partial charge in [-0.25, -0.2) is 0 Å². The Morgan fingerprint density at radius 2 is 2.32 bits per heavy atom. The van der Waals surface area contributed by atoms with Gasteiger partial charge in [0, 0.05) is 11.6 Å². The molecule has 1 aromatic carbocycles. The number of nitrogens with two attached hydrogens (primary N) is 1. The van der Waals surface area contributed by atoms with Crippen molar-refractivity contribution in [3.8, 4) is 0 Å². The Hall–Kier alpha value is -1.30. The van der Waals surface area contributed by atoms with E-state index in [1.165, 1.54) is 0 Å². The van der Waals surface area contributed by atoms with Gasteiger partial charge in [-0.2, -0.15) is 5.06 Å². The van der Waals surface area contributed by atoms with E-state index < -0.39 is 0 Å². The van der Waals surface area contributed by atoms with Crippen LogP contribution in [0.2, 0.25) is 5.02 Å². The number of nitrogens with zero attached hydrogens (tertiary/aromatic N) is 1. The largest absolute Gasteiger partial charge is 0.397 e. The van der Waals surface area contributed by atoms with E-state index in [0.29, 0.717) is 23.0 Å². The highest BCUT2D eigenvalue weighted by Crippen LogP contribution is 2.23. The van der Waals surface area contributed by atoms with E-state index in [1.807, 2.05) is 0 Å². The minimum atomic E-state index is -0.362. The van der Waals surface area contributed by atoms with E-state index in [2.05, 4.69) is 5.32 Å². The molecule has 1 atom stereocenters. The summed E-state index contributed by atoms with van der Waals surface area (Å²) in [6.45, 7) is 3.23. The summed E-state index contributed by atoms with van der Waals surface area (Å²) in [4.78, 5) is 17.6. The second-order valence-electron chi connectivity index (χ2n) is 4.58. The maximum atomic E-state index is 12.1. The van der Waals surface area contributed by atoms with Gasteiger partial charge in [0.2, 0.25) is 5.91 Å². The third kappa shape index (κ3) is 3.59. The van der Waals surface area contributed by atoms with Crippen LogP contribution >= 0.6 is 11.6 Å². The Bertz CT molecular complexity index is 461. The van der Waals surface area contributed by atoms with Crippen LogP contribution < -0.4 is 11.1 Å². The topological polar surface area (TPSA) is 67.6 Å². The lowest BCUT2D eigenvalue weighted by Crippen LogP contribution is -2.44. The van der Waals surface area contributed by atoms with Crippen LogP contribution in [0.15, 0.2) is 18.2 Å². The van der Waals surface area contributed by atoms with Crippen molar-refractivity contribution in [3.05, 3.63) is 23.2 Å². The van der Waals surface area contributed by atoms with E-state index in [1.54, 1.807) is 30.2 Å². The van der Waals surface area contributed by atoms with E-state index >= 15 is 0 Å². The lowest BCUT2D eigenvalue weighted by atomic mass is 10.2. The molecule has 6 heteroatoms. The van der Waals surface area contributed by atoms with Gasteiger partial charge in [-0.15, -0.1) is 0 Å². The smallest absolute Gasteiger partial charge is 0.243 e. The SMILES string of the molecule is CC(C(=O)Nc1cc(Cl)ccc1N)N1CCCCO1. The summed E-state index contributed by atoms with van der Waals surface area (Å²) in [6, 6.07) is 4.63. The van der Waals surface area contributed by atoms with Crippen LogP contribution in [0, 0.1) is 0 Å². The fraction of sp³-hybridized carbons (Fsp3) is 0.462. The Balaban J connectivity index is 2.01. The number of halogens is 1. The van der Waals surface area contributed by atoms with E-state index in [0.717, 1.165) is 19.4 Å². The number of amides is 1. The monoisotopic (exact) mass is 283 g/mol. The van der Waals surface area contributed by atoms with Crippen LogP contribution in [-0.2, 0) is 9.63 Å². The van der Waals surface area contributed by atoms with Crippen molar-refractivity contribution in [1.29, 1.82) is 0 Å². The number of nitrogen functional groups attached to an aromatic ring is 1. The first-order valence-corrected chi connectivity index (χ1v) is 6.71. The van der Waals surface area contributed by atoms with Crippen LogP contribution in [-0.4, -0.2) is 30.2 Å². The number of anilines is 2. The van der Waals surface area contributed by atoms with Crippen molar-refractivity contribution in [2.75, 3.05) is 24.2 Å². The number of hydrogen-bond donors (Lipinski definition) is 2. The van der Waals surface area contributed by atoms with Gasteiger partial charge in [-0.05, 0) is 38.0 Å². The average Bonchev–Trinajstić information content (AvgIpc) is 2.43. The van der Waals surface area contributed by atoms with Crippen molar-refractivity contribution in [3.63, 3.8) is 0 Å². The highest BCUT2D eigenvalue weighted by Gasteiger charge is 2.24. The number of hydroxylamine groups is 2. The second kappa shape index (κ2) is 6.23. The Morgan fingerprint density at radius 1 is 1.53 bits per heavy atom. The van der Waals surface area contributed by atoms with Gasteiger partial charge < -0.3 is 11.1 Å². The molecule has 1 aliphatic heterocycles. The predicted molar refractivity (Wildman–Crippen MR) is 75.8 cm³/mol. The van der Waals surface area contributed by atoms with Crippen LogP contribution in [0.3, 0.4) is 0 Å². The van der Waals surface area contributed by atoms with Gasteiger partial charge in [0.25, 0.3) is 0 Å². The summed E-state index contributed by atoms with van der Waals surface area (Å²) in [6.07, 6.45) is 2.07. The van der Waals surface area contributed by atoms with Crippen LogP contribution in [0.25, 0.3) is 0 Å². The zero-order chi connectivity index (χ0) is 13.8. The van der Waals surface area contributed by atoms with Crippen molar-refractivity contribution in [2.24, 2.45) is 0 Å². The molecular weight excluding hydrogens is 266 g/mol. The molecule has 5 nitrogen and oxygen atoms in total. The fourth-order valence-electron chi connectivity index (χ4n) is 1.93. The highest BCUT2D eigenvalue weighted by molar-refractivity contribution is 6.31. The molecule has 0 aromatic heterocycles. The minimum Gasteiger partial charge on any atom is -0.397 e. The molecule has 3 N–H and O–H groups in total. The lowest BCUT2D eigenvalue weighted by Gasteiger charge is -2.30. The number of carbonyl (C=O) groups excluding carboxylic acids is 1. The number of benzene rings is 1. The van der Waals surface area contributed by atoms with Crippen molar-refractivity contribution in [2.45, 2.75) is 25.8 Å². The number of nitrogens with one attached hydrogen (secondary N) is 1. The third-order valence-corrected chi connectivity index (χ3v) is 3.35. The zero-order valence-electron chi connectivity index (χ0n) is 10.9. The molecule has 1 fully saturated rings. The van der Waals surface area contributed by atoms with Crippen LogP contribution in [0.4, 0.5) is 11.4 Å². The van der Waals surface area contributed by atoms with Gasteiger partial charge in [-0.1, -0.05) is 11.6 Å². The maximum absolute atomic E-state index is 12.1. The Kier molecular flexibility index (Phi) is 4.63. The van der Waals surface area contributed by atoms with E-state index in [4.69, 9.17) is 22.2 Å². The van der Waals surface area contributed by atoms with E-state index in [9.17, 15) is 4.79 Å². The summed E-state index contributed by atoms with van der Waals surface area (Å²) < 4.78 is 0. The lowest BCUT2D eigenvalue weighted by molar-refractivity contribution is -0.202. The molecule has 0 saturated carbocycles. The van der Waals surface area contributed by atoms with Gasteiger partial charge >= 0.3 is 0 Å². The molecule has 0 radical (unpaired) electrons. The number of rotatable bonds is 3. The molecule has 1 saturated heterocycles. The average molecular weight is 284 g/mol. The first kappa shape index (κ1) is 14.1. The summed E-state index contributed by atoms with van der Waals surface area (Å²) >= 11 is 5.89. The van der Waals surface area contributed by atoms with Gasteiger partial charge in [0.1, 0.15) is 6.04 Å². The molecule has 1 aromatic rings. The molecule has 1 unspecified atom stereocenters. The molecule has 19 heavy (non-hydrogen) atoms. The first-order chi connectivity index (χ1) is 9.08. The predicted octanol–water partition coefficient (Wildman–Crippen LogP) is 2.28. The zero-order valence-corrected chi connectivity index (χ0v) is 11.6. The molecule has 0 aliphatic carbocycles. The van der Waals surface area contributed by atoms with Crippen molar-refractivity contribution < 1.29 is 9.63 Å². The van der Waals surface area contributed by atoms with Crippen LogP contribution in [0.1, 0.15) is 19.8 Å². The minimum absolute atomic E-state index is 0.157. The van der Waals surface area contributed by atoms with Gasteiger partial charge in [-0.3, -0.25) is 9.63 Å². The molecular formula is C13H18ClN3O2. The Morgan fingerprint density at radius 3 is 3.00 bits per heavy atom. The van der Waals surface area contributed by atoms with Gasteiger partial charge in [0.15, 0.2) is 0 Å². The summed E-state index contributed by atoms with van der Waals surface area (Å²) in [5.74, 6) is -0.157.